The summed E-state index contributed by atoms with van der Waals surface area (Å²) in [6, 6.07) is 6.78. The molecule has 1 saturated heterocycles. The smallest absolute Gasteiger partial charge is 0.159 e. The number of nitrogens with zero attached hydrogens (tertiary/aromatic N) is 4. The van der Waals surface area contributed by atoms with Crippen LogP contribution in [0.2, 0.25) is 0 Å². The van der Waals surface area contributed by atoms with Crippen LogP contribution in [0.1, 0.15) is 48.6 Å². The quantitative estimate of drug-likeness (QED) is 0.633. The lowest BCUT2D eigenvalue weighted by atomic mass is 9.87. The van der Waals surface area contributed by atoms with Crippen LogP contribution >= 0.6 is 0 Å². The molecular formula is C22H28N6O. The molecule has 1 aliphatic heterocycles. The molecule has 5 rings (SSSR count). The second kappa shape index (κ2) is 7.39. The molecule has 0 bridgehead atoms. The van der Waals surface area contributed by atoms with E-state index in [2.05, 4.69) is 44.8 Å². The number of hydrogen-bond acceptors (Lipinski definition) is 6. The standard InChI is InChI=1S/C22H28N6O/c1-13-7-16-12-24-28(20(16)10-19(13)15-3-5-23-6-4-15)22-11-21(25-14(2)26-22)27-17-8-18(29)9-17/h7,10-12,15,17-18,23,29H,3-6,8-9H2,1-2H3,(H,25,26,27)/t17-,18-. The van der Waals surface area contributed by atoms with Gasteiger partial charge < -0.3 is 15.7 Å². The van der Waals surface area contributed by atoms with E-state index in [0.29, 0.717) is 11.7 Å². The largest absolute Gasteiger partial charge is 0.393 e. The SMILES string of the molecule is Cc1nc(N[C@H]2C[C@H](O)C2)cc(-n2ncc3cc(C)c(C4CCNCC4)cc32)n1. The summed E-state index contributed by atoms with van der Waals surface area (Å²) in [6.07, 6.45) is 5.61. The Morgan fingerprint density at radius 2 is 1.90 bits per heavy atom. The summed E-state index contributed by atoms with van der Waals surface area (Å²) in [5, 5.41) is 22.2. The van der Waals surface area contributed by atoms with Crippen molar-refractivity contribution in [2.75, 3.05) is 18.4 Å². The molecule has 2 aromatic heterocycles. The molecule has 3 aromatic rings. The van der Waals surface area contributed by atoms with E-state index in [1.54, 1.807) is 0 Å². The van der Waals surface area contributed by atoms with Crippen molar-refractivity contribution in [3.05, 3.63) is 41.3 Å². The van der Waals surface area contributed by atoms with Crippen LogP contribution in [0.4, 0.5) is 5.82 Å². The number of nitrogens with one attached hydrogen (secondary N) is 2. The van der Waals surface area contributed by atoms with Crippen LogP contribution in [-0.4, -0.2) is 50.1 Å². The van der Waals surface area contributed by atoms with Crippen molar-refractivity contribution in [3.8, 4) is 5.82 Å². The molecule has 1 saturated carbocycles. The number of hydrogen-bond donors (Lipinski definition) is 3. The van der Waals surface area contributed by atoms with Crippen LogP contribution in [-0.2, 0) is 0 Å². The van der Waals surface area contributed by atoms with Gasteiger partial charge in [-0.1, -0.05) is 0 Å². The molecule has 7 heteroatoms. The highest BCUT2D eigenvalue weighted by molar-refractivity contribution is 5.82. The van der Waals surface area contributed by atoms with E-state index in [9.17, 15) is 5.11 Å². The van der Waals surface area contributed by atoms with Crippen molar-refractivity contribution < 1.29 is 5.11 Å². The summed E-state index contributed by atoms with van der Waals surface area (Å²) in [5.74, 6) is 2.87. The highest BCUT2D eigenvalue weighted by Crippen LogP contribution is 2.32. The first-order valence-corrected chi connectivity index (χ1v) is 10.6. The van der Waals surface area contributed by atoms with E-state index in [4.69, 9.17) is 0 Å². The van der Waals surface area contributed by atoms with Gasteiger partial charge in [0.1, 0.15) is 11.6 Å². The normalized spacial score (nSPS) is 22.6. The first kappa shape index (κ1) is 18.5. The second-order valence-electron chi connectivity index (χ2n) is 8.47. The van der Waals surface area contributed by atoms with Gasteiger partial charge in [0.05, 0.1) is 17.8 Å². The zero-order valence-corrected chi connectivity index (χ0v) is 17.0. The Hall–Kier alpha value is -2.51. The van der Waals surface area contributed by atoms with E-state index >= 15 is 0 Å². The molecule has 7 nitrogen and oxygen atoms in total. The molecule has 0 radical (unpaired) electrons. The van der Waals surface area contributed by atoms with Gasteiger partial charge in [-0.3, -0.25) is 0 Å². The van der Waals surface area contributed by atoms with E-state index in [1.807, 2.05) is 23.9 Å². The fourth-order valence-electron chi connectivity index (χ4n) is 4.61. The average molecular weight is 393 g/mol. The number of aliphatic hydroxyl groups is 1. The van der Waals surface area contributed by atoms with Crippen molar-refractivity contribution in [2.45, 2.75) is 57.6 Å². The van der Waals surface area contributed by atoms with Crippen molar-refractivity contribution in [3.63, 3.8) is 0 Å². The van der Waals surface area contributed by atoms with Crippen molar-refractivity contribution in [1.29, 1.82) is 0 Å². The molecule has 0 amide bonds. The molecule has 29 heavy (non-hydrogen) atoms. The van der Waals surface area contributed by atoms with E-state index in [1.165, 1.54) is 24.0 Å². The van der Waals surface area contributed by atoms with Gasteiger partial charge in [0, 0.05) is 17.5 Å². The molecule has 2 fully saturated rings. The maximum atomic E-state index is 9.54. The van der Waals surface area contributed by atoms with E-state index in [-0.39, 0.29) is 12.1 Å². The first-order chi connectivity index (χ1) is 14.1. The Morgan fingerprint density at radius 1 is 1.10 bits per heavy atom. The molecule has 0 spiro atoms. The predicted octanol–water partition coefficient (Wildman–Crippen LogP) is 2.83. The minimum absolute atomic E-state index is 0.193. The van der Waals surface area contributed by atoms with E-state index < -0.39 is 0 Å². The van der Waals surface area contributed by atoms with Gasteiger partial charge in [0.2, 0.25) is 0 Å². The Morgan fingerprint density at radius 3 is 2.66 bits per heavy atom. The summed E-state index contributed by atoms with van der Waals surface area (Å²) in [6.45, 7) is 6.27. The van der Waals surface area contributed by atoms with Crippen LogP contribution in [0.3, 0.4) is 0 Å². The maximum Gasteiger partial charge on any atom is 0.159 e. The molecular weight excluding hydrogens is 364 g/mol. The molecule has 3 N–H and O–H groups in total. The van der Waals surface area contributed by atoms with E-state index in [0.717, 1.165) is 48.5 Å². The summed E-state index contributed by atoms with van der Waals surface area (Å²) in [5.41, 5.74) is 3.86. The van der Waals surface area contributed by atoms with Crippen molar-refractivity contribution in [2.24, 2.45) is 0 Å². The summed E-state index contributed by atoms with van der Waals surface area (Å²) in [4.78, 5) is 9.17. The second-order valence-corrected chi connectivity index (χ2v) is 8.47. The van der Waals surface area contributed by atoms with Crippen molar-refractivity contribution in [1.82, 2.24) is 25.1 Å². The number of piperidine rings is 1. The van der Waals surface area contributed by atoms with Crippen LogP contribution in [0.15, 0.2) is 24.4 Å². The number of anilines is 1. The fraction of sp³-hybridized carbons (Fsp3) is 0.500. The Bertz CT molecular complexity index is 1030. The van der Waals surface area contributed by atoms with Crippen LogP contribution in [0, 0.1) is 13.8 Å². The highest BCUT2D eigenvalue weighted by atomic mass is 16.3. The molecule has 1 aromatic carbocycles. The van der Waals surface area contributed by atoms with Gasteiger partial charge in [0.15, 0.2) is 5.82 Å². The molecule has 2 aliphatic rings. The summed E-state index contributed by atoms with van der Waals surface area (Å²) >= 11 is 0. The number of fused-ring (bicyclic) bond motifs is 1. The van der Waals surface area contributed by atoms with Gasteiger partial charge in [-0.05, 0) is 81.8 Å². The third-order valence-electron chi connectivity index (χ3n) is 6.24. The zero-order chi connectivity index (χ0) is 20.0. The highest BCUT2D eigenvalue weighted by Gasteiger charge is 2.27. The number of aliphatic hydroxyl groups excluding tert-OH is 1. The number of benzene rings is 1. The maximum absolute atomic E-state index is 9.54. The zero-order valence-electron chi connectivity index (χ0n) is 17.0. The molecule has 3 heterocycles. The lowest BCUT2D eigenvalue weighted by Crippen LogP contribution is -2.39. The predicted molar refractivity (Wildman–Crippen MR) is 114 cm³/mol. The van der Waals surface area contributed by atoms with Crippen LogP contribution in [0.25, 0.3) is 16.7 Å². The number of rotatable bonds is 4. The Kier molecular flexibility index (Phi) is 4.72. The Balaban J connectivity index is 1.52. The van der Waals surface area contributed by atoms with Gasteiger partial charge in [0.25, 0.3) is 0 Å². The number of aryl methyl sites for hydroxylation is 2. The van der Waals surface area contributed by atoms with Crippen LogP contribution < -0.4 is 10.6 Å². The van der Waals surface area contributed by atoms with Gasteiger partial charge in [-0.15, -0.1) is 0 Å². The monoisotopic (exact) mass is 392 g/mol. The third kappa shape index (κ3) is 3.60. The minimum atomic E-state index is -0.193. The summed E-state index contributed by atoms with van der Waals surface area (Å²) < 4.78 is 1.93. The Labute approximate surface area is 170 Å². The molecule has 152 valence electrons. The topological polar surface area (TPSA) is 87.9 Å². The molecule has 0 atom stereocenters. The molecule has 1 aliphatic carbocycles. The van der Waals surface area contributed by atoms with Gasteiger partial charge in [-0.2, -0.15) is 5.10 Å². The lowest BCUT2D eigenvalue weighted by Gasteiger charge is -2.32. The van der Waals surface area contributed by atoms with Gasteiger partial charge in [-0.25, -0.2) is 14.6 Å². The average Bonchev–Trinajstić information content (AvgIpc) is 3.09. The number of aromatic nitrogens is 4. The minimum Gasteiger partial charge on any atom is -0.393 e. The molecule has 0 unspecified atom stereocenters. The van der Waals surface area contributed by atoms with Crippen LogP contribution in [0.5, 0.6) is 0 Å². The third-order valence-corrected chi connectivity index (χ3v) is 6.24. The fourth-order valence-corrected chi connectivity index (χ4v) is 4.61. The lowest BCUT2D eigenvalue weighted by molar-refractivity contribution is 0.0835. The first-order valence-electron chi connectivity index (χ1n) is 10.6. The van der Waals surface area contributed by atoms with Crippen molar-refractivity contribution >= 4 is 16.7 Å². The van der Waals surface area contributed by atoms with Gasteiger partial charge >= 0.3 is 0 Å². The summed E-state index contributed by atoms with van der Waals surface area (Å²) in [7, 11) is 0.